The van der Waals surface area contributed by atoms with Gasteiger partial charge in [0.05, 0.1) is 17.2 Å². The topological polar surface area (TPSA) is 122 Å². The summed E-state index contributed by atoms with van der Waals surface area (Å²) in [6, 6.07) is 7.06. The van der Waals surface area contributed by atoms with Crippen molar-refractivity contribution >= 4 is 33.2 Å². The molecule has 2 N–H and O–H groups in total. The molecule has 0 aliphatic carbocycles. The van der Waals surface area contributed by atoms with Crippen LogP contribution in [0.4, 0.5) is 5.69 Å². The minimum absolute atomic E-state index is 0.00182. The molecule has 2 aliphatic heterocycles. The molecule has 3 amide bonds. The number of sulfone groups is 1. The predicted octanol–water partition coefficient (Wildman–Crippen LogP) is -0.226. The van der Waals surface area contributed by atoms with Gasteiger partial charge in [-0.1, -0.05) is 12.1 Å². The van der Waals surface area contributed by atoms with E-state index >= 15 is 0 Å². The van der Waals surface area contributed by atoms with Crippen molar-refractivity contribution in [1.29, 1.82) is 0 Å². The highest BCUT2D eigenvalue weighted by atomic mass is 32.2. The van der Waals surface area contributed by atoms with Crippen LogP contribution in [-0.2, 0) is 24.2 Å². The molecule has 1 saturated heterocycles. The van der Waals surface area contributed by atoms with Crippen LogP contribution in [0.25, 0.3) is 0 Å². The van der Waals surface area contributed by atoms with Crippen LogP contribution in [0.5, 0.6) is 5.75 Å². The maximum atomic E-state index is 12.0. The summed E-state index contributed by atoms with van der Waals surface area (Å²) in [6.45, 7) is 0.0709. The fourth-order valence-corrected chi connectivity index (χ4v) is 5.02. The van der Waals surface area contributed by atoms with Crippen molar-refractivity contribution in [3.63, 3.8) is 0 Å². The van der Waals surface area contributed by atoms with Crippen molar-refractivity contribution in [1.82, 2.24) is 10.9 Å². The SMILES string of the molecule is O=C(CCN1C(=O)COc2ccccc21)NNC(=O)C[C@@H]1CCS(=O)(=O)C1. The molecule has 1 aromatic rings. The number of nitrogens with zero attached hydrogens (tertiary/aromatic N) is 1. The van der Waals surface area contributed by atoms with Crippen molar-refractivity contribution in [2.45, 2.75) is 19.3 Å². The summed E-state index contributed by atoms with van der Waals surface area (Å²) in [5, 5.41) is 0. The summed E-state index contributed by atoms with van der Waals surface area (Å²) in [6.07, 6.45) is 0.509. The van der Waals surface area contributed by atoms with Gasteiger partial charge in [-0.05, 0) is 24.5 Å². The summed E-state index contributed by atoms with van der Waals surface area (Å²) in [5.74, 6) is -0.642. The van der Waals surface area contributed by atoms with Crippen LogP contribution in [0.1, 0.15) is 19.3 Å². The van der Waals surface area contributed by atoms with Gasteiger partial charge in [0.15, 0.2) is 16.4 Å². The first kappa shape index (κ1) is 19.2. The Balaban J connectivity index is 1.44. The molecule has 10 heteroatoms. The van der Waals surface area contributed by atoms with Crippen LogP contribution in [0.15, 0.2) is 24.3 Å². The monoisotopic (exact) mass is 395 g/mol. The number of carbonyl (C=O) groups is 3. The maximum Gasteiger partial charge on any atom is 0.265 e. The Morgan fingerprint density at radius 3 is 2.67 bits per heavy atom. The highest BCUT2D eigenvalue weighted by Gasteiger charge is 2.29. The minimum atomic E-state index is -3.04. The number of hydrogen-bond acceptors (Lipinski definition) is 6. The normalized spacial score (nSPS) is 20.5. The van der Waals surface area contributed by atoms with E-state index in [0.717, 1.165) is 0 Å². The third-order valence-electron chi connectivity index (χ3n) is 4.51. The fourth-order valence-electron chi connectivity index (χ4n) is 3.16. The average Bonchev–Trinajstić information content (AvgIpc) is 2.97. The van der Waals surface area contributed by atoms with Crippen molar-refractivity contribution in [3.8, 4) is 5.75 Å². The van der Waals surface area contributed by atoms with E-state index in [1.807, 2.05) is 0 Å². The molecule has 0 spiro atoms. The summed E-state index contributed by atoms with van der Waals surface area (Å²) in [7, 11) is -3.04. The zero-order chi connectivity index (χ0) is 19.4. The predicted molar refractivity (Wildman–Crippen MR) is 96.6 cm³/mol. The first-order valence-corrected chi connectivity index (χ1v) is 10.5. The first-order valence-electron chi connectivity index (χ1n) is 8.64. The van der Waals surface area contributed by atoms with Gasteiger partial charge in [0, 0.05) is 19.4 Å². The van der Waals surface area contributed by atoms with E-state index < -0.39 is 21.7 Å². The highest BCUT2D eigenvalue weighted by molar-refractivity contribution is 7.91. The van der Waals surface area contributed by atoms with Crippen LogP contribution < -0.4 is 20.5 Å². The molecule has 27 heavy (non-hydrogen) atoms. The molecule has 0 bridgehead atoms. The third kappa shape index (κ3) is 4.97. The molecule has 2 aliphatic rings. The van der Waals surface area contributed by atoms with Crippen molar-refractivity contribution in [2.24, 2.45) is 5.92 Å². The number of nitrogens with one attached hydrogen (secondary N) is 2. The van der Waals surface area contributed by atoms with E-state index in [-0.39, 0.29) is 49.3 Å². The number of hydrogen-bond donors (Lipinski definition) is 2. The van der Waals surface area contributed by atoms with Gasteiger partial charge >= 0.3 is 0 Å². The van der Waals surface area contributed by atoms with Crippen molar-refractivity contribution in [2.75, 3.05) is 29.6 Å². The molecule has 0 radical (unpaired) electrons. The number of anilines is 1. The van der Waals surface area contributed by atoms with Gasteiger partial charge in [-0.2, -0.15) is 0 Å². The van der Waals surface area contributed by atoms with Gasteiger partial charge in [0.25, 0.3) is 5.91 Å². The molecule has 0 aromatic heterocycles. The standard InChI is InChI=1S/C17H21N3O6S/c21-15(18-19-16(22)9-12-6-8-27(24,25)11-12)5-7-20-13-3-1-2-4-14(13)26-10-17(20)23/h1-4,12H,5-11H2,(H,18,21)(H,19,22)/t12-/m0/s1. The van der Waals surface area contributed by atoms with Gasteiger partial charge in [0.2, 0.25) is 11.8 Å². The fraction of sp³-hybridized carbons (Fsp3) is 0.471. The lowest BCUT2D eigenvalue weighted by Gasteiger charge is -2.29. The molecular weight excluding hydrogens is 374 g/mol. The van der Waals surface area contributed by atoms with Gasteiger partial charge in [0.1, 0.15) is 5.75 Å². The van der Waals surface area contributed by atoms with E-state index in [0.29, 0.717) is 17.9 Å². The van der Waals surface area contributed by atoms with Gasteiger partial charge < -0.3 is 9.64 Å². The van der Waals surface area contributed by atoms with E-state index in [1.165, 1.54) is 4.90 Å². The number of rotatable bonds is 5. The van der Waals surface area contributed by atoms with E-state index in [4.69, 9.17) is 4.74 Å². The van der Waals surface area contributed by atoms with E-state index in [2.05, 4.69) is 10.9 Å². The number of ether oxygens (including phenoxy) is 1. The number of carbonyl (C=O) groups excluding carboxylic acids is 3. The molecular formula is C17H21N3O6S. The Kier molecular flexibility index (Phi) is 5.64. The second kappa shape index (κ2) is 7.95. The van der Waals surface area contributed by atoms with Crippen LogP contribution >= 0.6 is 0 Å². The third-order valence-corrected chi connectivity index (χ3v) is 6.35. The van der Waals surface area contributed by atoms with Gasteiger partial charge in [-0.25, -0.2) is 8.42 Å². The summed E-state index contributed by atoms with van der Waals surface area (Å²) >= 11 is 0. The number of para-hydroxylation sites is 2. The number of amides is 3. The molecule has 0 unspecified atom stereocenters. The van der Waals surface area contributed by atoms with E-state index in [1.54, 1.807) is 24.3 Å². The second-order valence-electron chi connectivity index (χ2n) is 6.62. The average molecular weight is 395 g/mol. The van der Waals surface area contributed by atoms with Crippen molar-refractivity contribution < 1.29 is 27.5 Å². The summed E-state index contributed by atoms with van der Waals surface area (Å²) in [5.41, 5.74) is 5.20. The quantitative estimate of drug-likeness (QED) is 0.665. The number of hydrazine groups is 1. The van der Waals surface area contributed by atoms with Crippen LogP contribution in [0.2, 0.25) is 0 Å². The molecule has 146 valence electrons. The summed E-state index contributed by atoms with van der Waals surface area (Å²) < 4.78 is 28.1. The second-order valence-corrected chi connectivity index (χ2v) is 8.85. The first-order chi connectivity index (χ1) is 12.8. The van der Waals surface area contributed by atoms with E-state index in [9.17, 15) is 22.8 Å². The zero-order valence-corrected chi connectivity index (χ0v) is 15.5. The molecule has 1 atom stereocenters. The molecule has 2 heterocycles. The highest BCUT2D eigenvalue weighted by Crippen LogP contribution is 2.31. The largest absolute Gasteiger partial charge is 0.482 e. The lowest BCUT2D eigenvalue weighted by molar-refractivity contribution is -0.129. The van der Waals surface area contributed by atoms with Crippen LogP contribution in [-0.4, -0.2) is 50.8 Å². The number of benzene rings is 1. The Hall–Kier alpha value is -2.62. The number of fused-ring (bicyclic) bond motifs is 1. The zero-order valence-electron chi connectivity index (χ0n) is 14.6. The molecule has 0 saturated carbocycles. The Bertz CT molecular complexity index is 854. The Morgan fingerprint density at radius 2 is 1.93 bits per heavy atom. The Morgan fingerprint density at radius 1 is 1.19 bits per heavy atom. The Labute approximate surface area is 156 Å². The van der Waals surface area contributed by atoms with Crippen LogP contribution in [0, 0.1) is 5.92 Å². The lowest BCUT2D eigenvalue weighted by atomic mass is 10.1. The molecule has 1 fully saturated rings. The smallest absolute Gasteiger partial charge is 0.265 e. The molecule has 9 nitrogen and oxygen atoms in total. The lowest BCUT2D eigenvalue weighted by Crippen LogP contribution is -2.45. The molecule has 3 rings (SSSR count). The van der Waals surface area contributed by atoms with Crippen molar-refractivity contribution in [3.05, 3.63) is 24.3 Å². The maximum absolute atomic E-state index is 12.0. The summed E-state index contributed by atoms with van der Waals surface area (Å²) in [4.78, 5) is 37.3. The van der Waals surface area contributed by atoms with Crippen LogP contribution in [0.3, 0.4) is 0 Å². The molecule has 1 aromatic carbocycles. The van der Waals surface area contributed by atoms with Gasteiger partial charge in [-0.3, -0.25) is 25.2 Å². The minimum Gasteiger partial charge on any atom is -0.482 e. The van der Waals surface area contributed by atoms with Gasteiger partial charge in [-0.15, -0.1) is 0 Å².